The van der Waals surface area contributed by atoms with Crippen LogP contribution in [0.2, 0.25) is 36.3 Å². The molecule has 1 aliphatic carbocycles. The Morgan fingerprint density at radius 1 is 0.800 bits per heavy atom. The van der Waals surface area contributed by atoms with Gasteiger partial charge < -0.3 is 13.6 Å². The molecule has 0 bridgehead atoms. The first-order valence-electron chi connectivity index (χ1n) is 11.2. The summed E-state index contributed by atoms with van der Waals surface area (Å²) in [7, 11) is -2.66. The minimum atomic E-state index is -2.16. The van der Waals surface area contributed by atoms with E-state index in [1.165, 1.54) is 0 Å². The number of rotatable bonds is 5. The number of carbonyl (C=O) groups is 1. The number of fused-ring (bicyclic) bond motifs is 1. The highest BCUT2D eigenvalue weighted by Crippen LogP contribution is 2.50. The van der Waals surface area contributed by atoms with Gasteiger partial charge in [0, 0.05) is 17.5 Å². The summed E-state index contributed by atoms with van der Waals surface area (Å²) >= 11 is 0. The van der Waals surface area contributed by atoms with Crippen LogP contribution < -0.4 is 13.6 Å². The van der Waals surface area contributed by atoms with Crippen molar-refractivity contribution in [1.29, 1.82) is 0 Å². The molecule has 1 aromatic carbocycles. The van der Waals surface area contributed by atoms with Crippen molar-refractivity contribution in [3.63, 3.8) is 0 Å². The predicted octanol–water partition coefficient (Wildman–Crippen LogP) is 7.37. The summed E-state index contributed by atoms with van der Waals surface area (Å²) in [6, 6.07) is 1.89. The van der Waals surface area contributed by atoms with Crippen molar-refractivity contribution in [3.05, 3.63) is 17.2 Å². The van der Waals surface area contributed by atoms with E-state index in [1.54, 1.807) is 7.11 Å². The molecule has 0 aromatic heterocycles. The highest BCUT2D eigenvalue weighted by Gasteiger charge is 2.44. The van der Waals surface area contributed by atoms with E-state index in [0.717, 1.165) is 36.1 Å². The van der Waals surface area contributed by atoms with Crippen LogP contribution in [0.1, 0.15) is 76.7 Å². The molecule has 0 spiro atoms. The second-order valence-electron chi connectivity index (χ2n) is 11.6. The first kappa shape index (κ1) is 25.0. The van der Waals surface area contributed by atoms with Gasteiger partial charge in [-0.1, -0.05) is 41.5 Å². The normalized spacial score (nSPS) is 16.0. The second-order valence-corrected chi connectivity index (χ2v) is 21.1. The highest BCUT2D eigenvalue weighted by atomic mass is 28.4. The molecule has 0 unspecified atom stereocenters. The summed E-state index contributed by atoms with van der Waals surface area (Å²) in [5.74, 6) is 2.25. The number of carbonyl (C=O) groups excluding carboxylic acids is 1. The van der Waals surface area contributed by atoms with Crippen molar-refractivity contribution in [1.82, 2.24) is 0 Å². The van der Waals surface area contributed by atoms with E-state index in [-0.39, 0.29) is 15.9 Å². The molecular weight excluding hydrogens is 408 g/mol. The predicted molar refractivity (Wildman–Crippen MR) is 131 cm³/mol. The highest BCUT2D eigenvalue weighted by molar-refractivity contribution is 6.75. The van der Waals surface area contributed by atoms with Crippen molar-refractivity contribution < 1.29 is 18.4 Å². The molecule has 4 nitrogen and oxygen atoms in total. The van der Waals surface area contributed by atoms with Gasteiger partial charge in [0.05, 0.1) is 7.11 Å². The quantitative estimate of drug-likeness (QED) is 0.347. The fourth-order valence-corrected chi connectivity index (χ4v) is 5.09. The molecule has 0 amide bonds. The Hall–Kier alpha value is -1.28. The van der Waals surface area contributed by atoms with E-state index >= 15 is 0 Å². The van der Waals surface area contributed by atoms with Crippen LogP contribution in [0, 0.1) is 0 Å². The van der Waals surface area contributed by atoms with Gasteiger partial charge in [0.2, 0.25) is 0 Å². The number of benzene rings is 1. The Balaban J connectivity index is 2.79. The van der Waals surface area contributed by atoms with Crippen molar-refractivity contribution in [2.75, 3.05) is 7.11 Å². The van der Waals surface area contributed by atoms with Crippen LogP contribution in [0.4, 0.5) is 0 Å². The van der Waals surface area contributed by atoms with Gasteiger partial charge in [0.1, 0.15) is 0 Å². The third kappa shape index (κ3) is 4.96. The lowest BCUT2D eigenvalue weighted by atomic mass is 10.00. The van der Waals surface area contributed by atoms with Crippen LogP contribution in [0.3, 0.4) is 0 Å². The lowest BCUT2D eigenvalue weighted by Crippen LogP contribution is -2.46. The Morgan fingerprint density at radius 2 is 1.27 bits per heavy atom. The Kier molecular flexibility index (Phi) is 6.95. The largest absolute Gasteiger partial charge is 0.541 e. The molecule has 170 valence electrons. The maximum absolute atomic E-state index is 12.9. The van der Waals surface area contributed by atoms with Gasteiger partial charge in [-0.05, 0) is 61.6 Å². The summed E-state index contributed by atoms with van der Waals surface area (Å²) < 4.78 is 19.5. The zero-order valence-corrected chi connectivity index (χ0v) is 23.0. The molecule has 0 heterocycles. The standard InChI is InChI=1S/C24H42O4Si2/c1-23(2,3)29(8,9)27-21-17-14-12-13-15-19(25)18(17)16-20(26-7)22(21)28-30(10,11)24(4,5)6/h16H,12-15H2,1-11H3. The van der Waals surface area contributed by atoms with E-state index in [0.29, 0.717) is 17.9 Å². The molecule has 0 saturated carbocycles. The van der Waals surface area contributed by atoms with Crippen LogP contribution in [-0.2, 0) is 6.42 Å². The number of Topliss-reactive ketones (excluding diaryl/α,β-unsaturated/α-hetero) is 1. The maximum Gasteiger partial charge on any atom is 0.250 e. The van der Waals surface area contributed by atoms with Crippen LogP contribution in [-0.4, -0.2) is 29.5 Å². The van der Waals surface area contributed by atoms with Crippen molar-refractivity contribution >= 4 is 22.4 Å². The zero-order valence-electron chi connectivity index (χ0n) is 21.0. The summed E-state index contributed by atoms with van der Waals surface area (Å²) in [5, 5.41) is 0.0702. The van der Waals surface area contributed by atoms with Gasteiger partial charge in [-0.3, -0.25) is 4.79 Å². The molecule has 1 aromatic rings. The topological polar surface area (TPSA) is 44.8 Å². The fourth-order valence-electron chi connectivity index (χ4n) is 3.05. The van der Waals surface area contributed by atoms with Crippen LogP contribution in [0.25, 0.3) is 0 Å². The second kappa shape index (κ2) is 8.34. The Labute approximate surface area is 186 Å². The minimum absolute atomic E-state index is 0.0337. The van der Waals surface area contributed by atoms with Gasteiger partial charge in [-0.25, -0.2) is 0 Å². The molecule has 0 fully saturated rings. The molecule has 2 rings (SSSR count). The van der Waals surface area contributed by atoms with Gasteiger partial charge in [0.15, 0.2) is 23.0 Å². The first-order valence-corrected chi connectivity index (χ1v) is 17.0. The average molecular weight is 451 g/mol. The molecule has 0 atom stereocenters. The molecular formula is C24H42O4Si2. The molecule has 0 aliphatic heterocycles. The maximum atomic E-state index is 12.9. The lowest BCUT2D eigenvalue weighted by molar-refractivity contribution is 0.0981. The van der Waals surface area contributed by atoms with Crippen LogP contribution in [0.5, 0.6) is 17.2 Å². The summed E-state index contributed by atoms with van der Waals surface area (Å²) in [5.41, 5.74) is 1.76. The van der Waals surface area contributed by atoms with Gasteiger partial charge in [-0.15, -0.1) is 0 Å². The fraction of sp³-hybridized carbons (Fsp3) is 0.708. The molecule has 0 saturated heterocycles. The minimum Gasteiger partial charge on any atom is -0.541 e. The molecule has 30 heavy (non-hydrogen) atoms. The molecule has 1 aliphatic rings. The van der Waals surface area contributed by atoms with Crippen molar-refractivity contribution in [2.24, 2.45) is 0 Å². The molecule has 0 N–H and O–H groups in total. The zero-order chi connectivity index (χ0) is 23.1. The Bertz CT molecular complexity index is 799. The van der Waals surface area contributed by atoms with Gasteiger partial charge >= 0.3 is 0 Å². The smallest absolute Gasteiger partial charge is 0.250 e. The van der Waals surface area contributed by atoms with E-state index in [9.17, 15) is 4.79 Å². The average Bonchev–Trinajstić information content (AvgIpc) is 2.76. The summed E-state index contributed by atoms with van der Waals surface area (Å²) in [6.45, 7) is 22.3. The molecule has 0 radical (unpaired) electrons. The number of ether oxygens (including phenoxy) is 1. The SMILES string of the molecule is COc1cc2c(c(O[Si](C)(C)C(C)(C)C)c1O[Si](C)(C)C(C)(C)C)CCCCC2=O. The lowest BCUT2D eigenvalue weighted by Gasteiger charge is -2.40. The summed E-state index contributed by atoms with van der Waals surface area (Å²) in [4.78, 5) is 12.9. The number of ketones is 1. The summed E-state index contributed by atoms with van der Waals surface area (Å²) in [6.07, 6.45) is 3.31. The first-order chi connectivity index (χ1) is 13.5. The van der Waals surface area contributed by atoms with E-state index in [2.05, 4.69) is 67.7 Å². The van der Waals surface area contributed by atoms with E-state index in [1.807, 2.05) is 6.07 Å². The van der Waals surface area contributed by atoms with Crippen LogP contribution in [0.15, 0.2) is 6.07 Å². The van der Waals surface area contributed by atoms with Crippen LogP contribution >= 0.6 is 0 Å². The van der Waals surface area contributed by atoms with Gasteiger partial charge in [0.25, 0.3) is 16.6 Å². The number of methoxy groups -OCH3 is 1. The third-order valence-corrected chi connectivity index (χ3v) is 15.9. The third-order valence-electron chi connectivity index (χ3n) is 7.23. The monoisotopic (exact) mass is 450 g/mol. The van der Waals surface area contributed by atoms with E-state index < -0.39 is 16.6 Å². The van der Waals surface area contributed by atoms with Crippen molar-refractivity contribution in [3.8, 4) is 17.2 Å². The number of hydrogen-bond donors (Lipinski definition) is 0. The van der Waals surface area contributed by atoms with E-state index in [4.69, 9.17) is 13.6 Å². The number of hydrogen-bond acceptors (Lipinski definition) is 4. The van der Waals surface area contributed by atoms with Crippen molar-refractivity contribution in [2.45, 2.75) is 103 Å². The molecule has 6 heteroatoms. The Morgan fingerprint density at radius 3 is 1.73 bits per heavy atom. The van der Waals surface area contributed by atoms with Gasteiger partial charge in [-0.2, -0.15) is 0 Å².